The maximum absolute atomic E-state index is 11.7. The highest BCUT2D eigenvalue weighted by Crippen LogP contribution is 2.27. The van der Waals surface area contributed by atoms with Gasteiger partial charge in [-0.1, -0.05) is 6.07 Å². The maximum Gasteiger partial charge on any atom is 0.331 e. The van der Waals surface area contributed by atoms with Crippen molar-refractivity contribution >= 4 is 18.0 Å². The topological polar surface area (TPSA) is 104 Å². The number of carbonyl (C=O) groups excluding carboxylic acids is 1. The molecule has 6 heteroatoms. The number of hydrogen-bond acceptors (Lipinski definition) is 5. The highest BCUT2D eigenvalue weighted by atomic mass is 16.5. The lowest BCUT2D eigenvalue weighted by molar-refractivity contribution is -0.151. The van der Waals surface area contributed by atoms with E-state index in [-0.39, 0.29) is 17.6 Å². The number of benzene rings is 1. The van der Waals surface area contributed by atoms with E-state index in [9.17, 15) is 19.8 Å². The molecule has 1 aliphatic rings. The van der Waals surface area contributed by atoms with E-state index in [1.54, 1.807) is 6.07 Å². The Morgan fingerprint density at radius 3 is 2.64 bits per heavy atom. The Bertz CT molecular complexity index is 592. The minimum absolute atomic E-state index is 0.235. The van der Waals surface area contributed by atoms with Gasteiger partial charge in [-0.15, -0.1) is 0 Å². The number of carboxylic acids is 1. The highest BCUT2D eigenvalue weighted by Gasteiger charge is 2.28. The molecule has 1 fully saturated rings. The molecule has 118 valence electrons. The summed E-state index contributed by atoms with van der Waals surface area (Å²) in [6.07, 6.45) is 4.66. The first-order chi connectivity index (χ1) is 10.5. The van der Waals surface area contributed by atoms with Crippen LogP contribution >= 0.6 is 0 Å². The van der Waals surface area contributed by atoms with Crippen molar-refractivity contribution < 1.29 is 29.6 Å². The molecule has 2 atom stereocenters. The number of hydrogen-bond donors (Lipinski definition) is 3. The van der Waals surface area contributed by atoms with Gasteiger partial charge < -0.3 is 20.1 Å². The molecular formula is C16H18O6. The van der Waals surface area contributed by atoms with Crippen LogP contribution in [0, 0.1) is 5.92 Å². The van der Waals surface area contributed by atoms with Crippen LogP contribution in [0.1, 0.15) is 31.2 Å². The number of esters is 1. The van der Waals surface area contributed by atoms with Gasteiger partial charge in [0.1, 0.15) is 6.10 Å². The molecular weight excluding hydrogens is 288 g/mol. The average Bonchev–Trinajstić information content (AvgIpc) is 2.49. The van der Waals surface area contributed by atoms with E-state index >= 15 is 0 Å². The third-order valence-electron chi connectivity index (χ3n) is 3.67. The average molecular weight is 306 g/mol. The lowest BCUT2D eigenvalue weighted by Gasteiger charge is -2.25. The summed E-state index contributed by atoms with van der Waals surface area (Å²) in [6, 6.07) is 4.18. The summed E-state index contributed by atoms with van der Waals surface area (Å²) in [5.41, 5.74) is 0.541. The Balaban J connectivity index is 1.90. The molecule has 0 heterocycles. The third-order valence-corrected chi connectivity index (χ3v) is 3.67. The summed E-state index contributed by atoms with van der Waals surface area (Å²) >= 11 is 0. The van der Waals surface area contributed by atoms with Crippen molar-refractivity contribution in [2.75, 3.05) is 0 Å². The van der Waals surface area contributed by atoms with Crippen LogP contribution in [0.2, 0.25) is 0 Å². The van der Waals surface area contributed by atoms with Gasteiger partial charge in [0.15, 0.2) is 11.5 Å². The Hall–Kier alpha value is -2.50. The van der Waals surface area contributed by atoms with Gasteiger partial charge in [-0.05, 0) is 49.5 Å². The number of ether oxygens (including phenoxy) is 1. The van der Waals surface area contributed by atoms with Crippen LogP contribution in [-0.2, 0) is 14.3 Å². The molecule has 1 unspecified atom stereocenters. The van der Waals surface area contributed by atoms with Crippen LogP contribution in [-0.4, -0.2) is 33.4 Å². The van der Waals surface area contributed by atoms with Gasteiger partial charge in [-0.2, -0.15) is 0 Å². The molecule has 0 aliphatic heterocycles. The highest BCUT2D eigenvalue weighted by molar-refractivity contribution is 5.87. The fourth-order valence-corrected chi connectivity index (χ4v) is 2.49. The predicted molar refractivity (Wildman–Crippen MR) is 78.3 cm³/mol. The van der Waals surface area contributed by atoms with E-state index in [4.69, 9.17) is 9.84 Å². The summed E-state index contributed by atoms with van der Waals surface area (Å²) in [4.78, 5) is 22.7. The minimum Gasteiger partial charge on any atom is -0.504 e. The fourth-order valence-electron chi connectivity index (χ4n) is 2.49. The smallest absolute Gasteiger partial charge is 0.331 e. The van der Waals surface area contributed by atoms with Crippen molar-refractivity contribution in [1.29, 1.82) is 0 Å². The minimum atomic E-state index is -0.851. The Morgan fingerprint density at radius 1 is 1.18 bits per heavy atom. The Morgan fingerprint density at radius 2 is 1.95 bits per heavy atom. The number of phenolic OH excluding ortho intramolecular Hbond substituents is 2. The van der Waals surface area contributed by atoms with Crippen LogP contribution in [0.4, 0.5) is 0 Å². The predicted octanol–water partition coefficient (Wildman–Crippen LogP) is 2.30. The lowest BCUT2D eigenvalue weighted by Crippen LogP contribution is -2.28. The summed E-state index contributed by atoms with van der Waals surface area (Å²) in [5.74, 6) is -2.36. The van der Waals surface area contributed by atoms with E-state index in [2.05, 4.69) is 0 Å². The first-order valence-corrected chi connectivity index (χ1v) is 7.09. The van der Waals surface area contributed by atoms with Crippen molar-refractivity contribution in [3.8, 4) is 11.5 Å². The summed E-state index contributed by atoms with van der Waals surface area (Å²) in [6.45, 7) is 0. The first kappa shape index (κ1) is 15.9. The van der Waals surface area contributed by atoms with E-state index in [1.165, 1.54) is 24.3 Å². The van der Waals surface area contributed by atoms with Crippen molar-refractivity contribution in [1.82, 2.24) is 0 Å². The Labute approximate surface area is 127 Å². The number of carbonyl (C=O) groups is 2. The number of aromatic hydroxyl groups is 2. The van der Waals surface area contributed by atoms with Crippen LogP contribution in [0.25, 0.3) is 6.08 Å². The van der Waals surface area contributed by atoms with Gasteiger partial charge >= 0.3 is 11.9 Å². The second-order valence-electron chi connectivity index (χ2n) is 5.34. The van der Waals surface area contributed by atoms with Gasteiger partial charge in [0.2, 0.25) is 0 Å². The van der Waals surface area contributed by atoms with E-state index in [1.807, 2.05) is 0 Å². The van der Waals surface area contributed by atoms with Gasteiger partial charge in [-0.25, -0.2) is 4.79 Å². The van der Waals surface area contributed by atoms with Crippen LogP contribution < -0.4 is 0 Å². The number of carboxylic acid groups (broad SMARTS) is 1. The number of rotatable bonds is 4. The number of phenols is 2. The van der Waals surface area contributed by atoms with Crippen LogP contribution in [0.3, 0.4) is 0 Å². The van der Waals surface area contributed by atoms with Crippen LogP contribution in [0.5, 0.6) is 11.5 Å². The molecule has 3 N–H and O–H groups in total. The normalized spacial score (nSPS) is 21.6. The van der Waals surface area contributed by atoms with E-state index in [0.29, 0.717) is 24.8 Å². The van der Waals surface area contributed by atoms with Crippen molar-refractivity contribution in [2.24, 2.45) is 5.92 Å². The largest absolute Gasteiger partial charge is 0.504 e. The van der Waals surface area contributed by atoms with E-state index in [0.717, 1.165) is 6.42 Å². The maximum atomic E-state index is 11.7. The molecule has 1 aromatic rings. The van der Waals surface area contributed by atoms with Gasteiger partial charge in [0, 0.05) is 6.08 Å². The first-order valence-electron chi connectivity index (χ1n) is 7.09. The molecule has 0 saturated heterocycles. The quantitative estimate of drug-likeness (QED) is 0.448. The molecule has 6 nitrogen and oxygen atoms in total. The summed E-state index contributed by atoms with van der Waals surface area (Å²) in [7, 11) is 0. The van der Waals surface area contributed by atoms with E-state index < -0.39 is 17.9 Å². The fraction of sp³-hybridized carbons (Fsp3) is 0.375. The zero-order valence-electron chi connectivity index (χ0n) is 11.9. The second-order valence-corrected chi connectivity index (χ2v) is 5.34. The third kappa shape index (κ3) is 4.25. The van der Waals surface area contributed by atoms with Gasteiger partial charge in [0.05, 0.1) is 5.92 Å². The summed E-state index contributed by atoms with van der Waals surface area (Å²) < 4.78 is 5.25. The molecule has 1 saturated carbocycles. The molecule has 0 bridgehead atoms. The summed E-state index contributed by atoms with van der Waals surface area (Å²) in [5, 5.41) is 27.5. The van der Waals surface area contributed by atoms with Crippen molar-refractivity contribution in [2.45, 2.75) is 31.8 Å². The molecule has 1 aromatic carbocycles. The standard InChI is InChI=1S/C16H18O6/c17-13-6-4-10(8-14(13)18)5-7-15(19)22-12-3-1-2-11(9-12)16(20)21/h4-8,11-12,17-18H,1-3,9H2,(H,20,21)/b7-5-/t11?,12-/m0/s1. The van der Waals surface area contributed by atoms with Gasteiger partial charge in [-0.3, -0.25) is 4.79 Å². The Kier molecular flexibility index (Phi) is 5.04. The molecule has 2 rings (SSSR count). The van der Waals surface area contributed by atoms with Gasteiger partial charge in [0.25, 0.3) is 0 Å². The molecule has 0 radical (unpaired) electrons. The molecule has 0 amide bonds. The molecule has 22 heavy (non-hydrogen) atoms. The number of aliphatic carboxylic acids is 1. The SMILES string of the molecule is O=C(/C=C\c1ccc(O)c(O)c1)O[C@H]1CCCC(C(=O)O)C1. The van der Waals surface area contributed by atoms with Crippen molar-refractivity contribution in [3.63, 3.8) is 0 Å². The van der Waals surface area contributed by atoms with Crippen LogP contribution in [0.15, 0.2) is 24.3 Å². The zero-order chi connectivity index (χ0) is 16.1. The zero-order valence-corrected chi connectivity index (χ0v) is 11.9. The molecule has 1 aliphatic carbocycles. The molecule has 0 spiro atoms. The molecule has 0 aromatic heterocycles. The van der Waals surface area contributed by atoms with Crippen molar-refractivity contribution in [3.05, 3.63) is 29.8 Å². The second kappa shape index (κ2) is 6.98. The lowest BCUT2D eigenvalue weighted by atomic mass is 9.87. The monoisotopic (exact) mass is 306 g/mol.